The van der Waals surface area contributed by atoms with Crippen LogP contribution < -0.4 is 14.8 Å². The van der Waals surface area contributed by atoms with Gasteiger partial charge in [0.1, 0.15) is 6.61 Å². The number of halogens is 5. The molecule has 3 rings (SSSR count). The maximum Gasteiger partial charge on any atom is 0.162 e. The monoisotopic (exact) mass is 549 g/mol. The van der Waals surface area contributed by atoms with Gasteiger partial charge >= 0.3 is 0 Å². The first-order valence-corrected chi connectivity index (χ1v) is 10.9. The Kier molecular flexibility index (Phi) is 7.88. The van der Waals surface area contributed by atoms with E-state index in [1.54, 1.807) is 31.4 Å². The third-order valence-electron chi connectivity index (χ3n) is 4.23. The Morgan fingerprint density at radius 3 is 2.23 bits per heavy atom. The van der Waals surface area contributed by atoms with Crippen LogP contribution in [0.3, 0.4) is 0 Å². The second-order valence-corrected chi connectivity index (χ2v) is 8.77. The van der Waals surface area contributed by atoms with Gasteiger partial charge in [0, 0.05) is 32.3 Å². The first kappa shape index (κ1) is 23.2. The van der Waals surface area contributed by atoms with Crippen LogP contribution in [0.4, 0.5) is 5.69 Å². The summed E-state index contributed by atoms with van der Waals surface area (Å²) < 4.78 is 12.2. The molecule has 0 unspecified atom stereocenters. The van der Waals surface area contributed by atoms with Gasteiger partial charge in [-0.05, 0) is 42.0 Å². The van der Waals surface area contributed by atoms with Crippen molar-refractivity contribution in [1.82, 2.24) is 0 Å². The molecular formula is C21H16BrCl4NO3. The molecule has 0 fully saturated rings. The lowest BCUT2D eigenvalue weighted by atomic mass is 10.2. The van der Waals surface area contributed by atoms with Gasteiger partial charge in [0.05, 0.1) is 17.2 Å². The number of methoxy groups -OCH3 is 1. The van der Waals surface area contributed by atoms with E-state index in [1.807, 2.05) is 18.2 Å². The zero-order valence-corrected chi connectivity index (χ0v) is 20.2. The summed E-state index contributed by atoms with van der Waals surface area (Å²) in [7, 11) is 1.57. The Morgan fingerprint density at radius 1 is 0.900 bits per heavy atom. The number of hydrogen-bond acceptors (Lipinski definition) is 4. The summed E-state index contributed by atoms with van der Waals surface area (Å²) in [5, 5.41) is 14.3. The molecule has 158 valence electrons. The minimum Gasteiger partial charge on any atom is -0.505 e. The van der Waals surface area contributed by atoms with E-state index in [9.17, 15) is 5.11 Å². The Hall–Kier alpha value is -1.50. The predicted octanol–water partition coefficient (Wildman–Crippen LogP) is 7.97. The number of ether oxygens (including phenoxy) is 2. The van der Waals surface area contributed by atoms with Gasteiger partial charge in [0.2, 0.25) is 0 Å². The van der Waals surface area contributed by atoms with Crippen LogP contribution in [0, 0.1) is 0 Å². The van der Waals surface area contributed by atoms with Crippen molar-refractivity contribution in [3.63, 3.8) is 0 Å². The van der Waals surface area contributed by atoms with Crippen LogP contribution >= 0.6 is 62.3 Å². The summed E-state index contributed by atoms with van der Waals surface area (Å²) in [5.41, 5.74) is 2.40. The minimum absolute atomic E-state index is 0.144. The lowest BCUT2D eigenvalue weighted by Crippen LogP contribution is -2.03. The zero-order valence-electron chi connectivity index (χ0n) is 15.6. The minimum atomic E-state index is -0.144. The predicted molar refractivity (Wildman–Crippen MR) is 127 cm³/mol. The highest BCUT2D eigenvalue weighted by atomic mass is 79.9. The number of hydrogen-bond donors (Lipinski definition) is 2. The molecule has 0 aliphatic heterocycles. The van der Waals surface area contributed by atoms with Crippen molar-refractivity contribution < 1.29 is 14.6 Å². The average Bonchev–Trinajstić information content (AvgIpc) is 2.70. The molecule has 3 aromatic rings. The summed E-state index contributed by atoms with van der Waals surface area (Å²) in [5.74, 6) is 0.991. The number of rotatable bonds is 7. The van der Waals surface area contributed by atoms with Gasteiger partial charge in [-0.3, -0.25) is 0 Å². The summed E-state index contributed by atoms with van der Waals surface area (Å²) in [6, 6.07) is 12.1. The van der Waals surface area contributed by atoms with E-state index in [4.69, 9.17) is 55.9 Å². The molecule has 0 atom stereocenters. The lowest BCUT2D eigenvalue weighted by Gasteiger charge is -2.15. The highest BCUT2D eigenvalue weighted by Crippen LogP contribution is 2.37. The van der Waals surface area contributed by atoms with Gasteiger partial charge in [-0.15, -0.1) is 0 Å². The van der Waals surface area contributed by atoms with E-state index in [-0.39, 0.29) is 22.4 Å². The van der Waals surface area contributed by atoms with Crippen LogP contribution in [-0.4, -0.2) is 12.2 Å². The van der Waals surface area contributed by atoms with Crippen LogP contribution in [0.2, 0.25) is 20.1 Å². The molecule has 30 heavy (non-hydrogen) atoms. The van der Waals surface area contributed by atoms with Crippen LogP contribution in [0.25, 0.3) is 0 Å². The Morgan fingerprint density at radius 2 is 1.60 bits per heavy atom. The highest BCUT2D eigenvalue weighted by Gasteiger charge is 2.13. The van der Waals surface area contributed by atoms with Crippen molar-refractivity contribution in [3.05, 3.63) is 78.2 Å². The summed E-state index contributed by atoms with van der Waals surface area (Å²) in [6.45, 7) is 0.721. The lowest BCUT2D eigenvalue weighted by molar-refractivity contribution is 0.284. The maximum absolute atomic E-state index is 9.68. The van der Waals surface area contributed by atoms with Crippen molar-refractivity contribution in [3.8, 4) is 17.2 Å². The molecule has 4 nitrogen and oxygen atoms in total. The number of benzene rings is 3. The van der Waals surface area contributed by atoms with E-state index in [0.717, 1.165) is 15.6 Å². The molecule has 0 aliphatic rings. The largest absolute Gasteiger partial charge is 0.505 e. The van der Waals surface area contributed by atoms with Gasteiger partial charge in [0.15, 0.2) is 17.2 Å². The quantitative estimate of drug-likeness (QED) is 0.292. The normalized spacial score (nSPS) is 10.7. The van der Waals surface area contributed by atoms with E-state index in [2.05, 4.69) is 21.2 Å². The molecule has 0 spiro atoms. The fraction of sp³-hybridized carbons (Fsp3) is 0.143. The van der Waals surface area contributed by atoms with Crippen molar-refractivity contribution in [2.45, 2.75) is 13.2 Å². The molecule has 0 radical (unpaired) electrons. The standard InChI is InChI=1S/C21H16BrCl4NO3/c1-29-19-4-12(9-27-14-6-17(25)21(28)18(26)7-14)15(22)8-20(19)30-10-11-2-3-13(23)5-16(11)24/h2-8,27-28H,9-10H2,1H3. The molecule has 0 saturated carbocycles. The molecule has 2 N–H and O–H groups in total. The molecule has 0 aliphatic carbocycles. The van der Waals surface area contributed by atoms with Crippen LogP contribution in [-0.2, 0) is 13.2 Å². The van der Waals surface area contributed by atoms with E-state index < -0.39 is 0 Å². The molecular weight excluding hydrogens is 536 g/mol. The fourth-order valence-corrected chi connectivity index (χ4v) is 4.06. The van der Waals surface area contributed by atoms with E-state index in [0.29, 0.717) is 33.8 Å². The van der Waals surface area contributed by atoms with E-state index >= 15 is 0 Å². The topological polar surface area (TPSA) is 50.7 Å². The molecule has 9 heteroatoms. The number of phenols is 1. The second kappa shape index (κ2) is 10.2. The van der Waals surface area contributed by atoms with Crippen LogP contribution in [0.15, 0.2) is 46.9 Å². The maximum atomic E-state index is 9.68. The molecule has 0 heterocycles. The smallest absolute Gasteiger partial charge is 0.162 e. The summed E-state index contributed by atoms with van der Waals surface area (Å²) >= 11 is 27.6. The third kappa shape index (κ3) is 5.59. The average molecular weight is 552 g/mol. The number of nitrogens with one attached hydrogen (secondary N) is 1. The van der Waals surface area contributed by atoms with Gasteiger partial charge < -0.3 is 19.9 Å². The molecule has 3 aromatic carbocycles. The van der Waals surface area contributed by atoms with Gasteiger partial charge in [0.25, 0.3) is 0 Å². The van der Waals surface area contributed by atoms with E-state index in [1.165, 1.54) is 0 Å². The molecule has 0 aromatic heterocycles. The van der Waals surface area contributed by atoms with Crippen molar-refractivity contribution in [2.24, 2.45) is 0 Å². The molecule has 0 bridgehead atoms. The number of aromatic hydroxyl groups is 1. The molecule has 0 saturated heterocycles. The first-order valence-electron chi connectivity index (χ1n) is 8.63. The highest BCUT2D eigenvalue weighted by molar-refractivity contribution is 9.10. The third-order valence-corrected chi connectivity index (χ3v) is 6.13. The van der Waals surface area contributed by atoms with Crippen molar-refractivity contribution >= 4 is 68.0 Å². The van der Waals surface area contributed by atoms with Gasteiger partial charge in [-0.1, -0.05) is 68.4 Å². The first-order chi connectivity index (χ1) is 14.3. The van der Waals surface area contributed by atoms with Gasteiger partial charge in [-0.25, -0.2) is 0 Å². The fourth-order valence-electron chi connectivity index (χ4n) is 2.64. The number of anilines is 1. The number of phenolic OH excluding ortho intramolecular Hbond substituents is 1. The SMILES string of the molecule is COc1cc(CNc2cc(Cl)c(O)c(Cl)c2)c(Br)cc1OCc1ccc(Cl)cc1Cl. The Labute approximate surface area is 202 Å². The zero-order chi connectivity index (χ0) is 21.8. The van der Waals surface area contributed by atoms with Crippen molar-refractivity contribution in [1.29, 1.82) is 0 Å². The molecule has 0 amide bonds. The van der Waals surface area contributed by atoms with Crippen LogP contribution in [0.5, 0.6) is 17.2 Å². The van der Waals surface area contributed by atoms with Crippen LogP contribution in [0.1, 0.15) is 11.1 Å². The van der Waals surface area contributed by atoms with Gasteiger partial charge in [-0.2, -0.15) is 0 Å². The Balaban J connectivity index is 1.75. The van der Waals surface area contributed by atoms with Crippen molar-refractivity contribution in [2.75, 3.05) is 12.4 Å². The second-order valence-electron chi connectivity index (χ2n) is 6.26. The summed E-state index contributed by atoms with van der Waals surface area (Å²) in [4.78, 5) is 0. The Bertz CT molecular complexity index is 1060. The summed E-state index contributed by atoms with van der Waals surface area (Å²) in [6.07, 6.45) is 0.